The molecule has 8 nitrogen and oxygen atoms in total. The van der Waals surface area contributed by atoms with Crippen molar-refractivity contribution in [1.29, 1.82) is 0 Å². The van der Waals surface area contributed by atoms with E-state index in [0.29, 0.717) is 30.9 Å². The Morgan fingerprint density at radius 1 is 1.29 bits per heavy atom. The lowest BCUT2D eigenvalue weighted by Crippen LogP contribution is -2.53. The van der Waals surface area contributed by atoms with E-state index in [9.17, 15) is 18.3 Å². The second kappa shape index (κ2) is 6.71. The van der Waals surface area contributed by atoms with Crippen LogP contribution in [0.25, 0.3) is 0 Å². The second-order valence-corrected chi connectivity index (χ2v) is 8.03. The van der Waals surface area contributed by atoms with Crippen molar-refractivity contribution in [2.45, 2.75) is 24.3 Å². The van der Waals surface area contributed by atoms with Crippen molar-refractivity contribution < 1.29 is 18.3 Å². The Morgan fingerprint density at radius 3 is 2.62 bits per heavy atom. The number of hydrogen-bond donors (Lipinski definition) is 1. The molecule has 0 amide bonds. The maximum Gasteiger partial charge on any atom is 0.320 e. The van der Waals surface area contributed by atoms with Crippen LogP contribution in [-0.4, -0.2) is 60.9 Å². The van der Waals surface area contributed by atoms with Crippen LogP contribution in [0.1, 0.15) is 13.3 Å². The number of carboxylic acid groups (broad SMARTS) is 1. The number of rotatable bonds is 5. The molecule has 3 rings (SSSR count). The SMILES string of the molecule is CCC(C(=O)O)N1CCN(S(=O)(=O)c2cccc3c2N=S=N3)CC1. The Morgan fingerprint density at radius 2 is 2.00 bits per heavy atom. The van der Waals surface area contributed by atoms with E-state index in [4.69, 9.17) is 0 Å². The molecule has 0 aliphatic carbocycles. The van der Waals surface area contributed by atoms with Crippen molar-refractivity contribution in [3.63, 3.8) is 0 Å². The number of benzene rings is 1. The summed E-state index contributed by atoms with van der Waals surface area (Å²) >= 11 is 0.984. The molecule has 1 aromatic carbocycles. The van der Waals surface area contributed by atoms with Crippen molar-refractivity contribution in [2.75, 3.05) is 26.2 Å². The van der Waals surface area contributed by atoms with Crippen molar-refractivity contribution in [2.24, 2.45) is 8.73 Å². The van der Waals surface area contributed by atoms with Crippen LogP contribution < -0.4 is 0 Å². The molecule has 1 N–H and O–H groups in total. The summed E-state index contributed by atoms with van der Waals surface area (Å²) in [7, 11) is -3.67. The zero-order valence-electron chi connectivity index (χ0n) is 13.1. The third kappa shape index (κ3) is 3.02. The van der Waals surface area contributed by atoms with Crippen molar-refractivity contribution in [3.05, 3.63) is 18.2 Å². The van der Waals surface area contributed by atoms with Gasteiger partial charge < -0.3 is 5.11 Å². The smallest absolute Gasteiger partial charge is 0.320 e. The molecule has 1 unspecified atom stereocenters. The van der Waals surface area contributed by atoms with Crippen molar-refractivity contribution >= 4 is 38.7 Å². The van der Waals surface area contributed by atoms with E-state index >= 15 is 0 Å². The van der Waals surface area contributed by atoms with Gasteiger partial charge in [0.25, 0.3) is 0 Å². The van der Waals surface area contributed by atoms with Gasteiger partial charge in [0.1, 0.15) is 22.3 Å². The molecule has 1 atom stereocenters. The number of sulfonamides is 1. The van der Waals surface area contributed by atoms with E-state index in [2.05, 4.69) is 8.73 Å². The number of aliphatic carboxylic acids is 1. The van der Waals surface area contributed by atoms with E-state index in [1.54, 1.807) is 12.1 Å². The lowest BCUT2D eigenvalue weighted by Gasteiger charge is -2.36. The number of piperazine rings is 1. The summed E-state index contributed by atoms with van der Waals surface area (Å²) in [5, 5.41) is 9.24. The first kappa shape index (κ1) is 17.2. The Balaban J connectivity index is 1.78. The first-order chi connectivity index (χ1) is 11.4. The molecule has 0 radical (unpaired) electrons. The summed E-state index contributed by atoms with van der Waals surface area (Å²) in [6.07, 6.45) is 0.492. The highest BCUT2D eigenvalue weighted by Gasteiger charge is 2.34. The quantitative estimate of drug-likeness (QED) is 0.861. The van der Waals surface area contributed by atoms with Gasteiger partial charge in [0.2, 0.25) is 10.0 Å². The minimum absolute atomic E-state index is 0.160. The molecule has 2 heterocycles. The van der Waals surface area contributed by atoms with Crippen LogP contribution in [0.5, 0.6) is 0 Å². The lowest BCUT2D eigenvalue weighted by molar-refractivity contribution is -0.143. The number of carbonyl (C=O) groups is 1. The number of nitrogens with zero attached hydrogens (tertiary/aromatic N) is 4. The first-order valence-electron chi connectivity index (χ1n) is 7.63. The summed E-state index contributed by atoms with van der Waals surface area (Å²) < 4.78 is 35.4. The highest BCUT2D eigenvalue weighted by atomic mass is 32.2. The number of fused-ring (bicyclic) bond motifs is 1. The molecule has 0 spiro atoms. The van der Waals surface area contributed by atoms with Gasteiger partial charge in [-0.05, 0) is 18.6 Å². The molecule has 1 fully saturated rings. The molecular formula is C14H18N4O4S2. The van der Waals surface area contributed by atoms with Gasteiger partial charge in [-0.3, -0.25) is 9.69 Å². The van der Waals surface area contributed by atoms with Crippen molar-refractivity contribution in [3.8, 4) is 0 Å². The minimum atomic E-state index is -3.67. The van der Waals surface area contributed by atoms with Crippen molar-refractivity contribution in [1.82, 2.24) is 9.21 Å². The normalized spacial score (nSPS) is 19.7. The first-order valence-corrected chi connectivity index (χ1v) is 9.80. The maximum absolute atomic E-state index is 12.9. The van der Waals surface area contributed by atoms with Gasteiger partial charge in [0.15, 0.2) is 0 Å². The molecule has 2 aliphatic heterocycles. The maximum atomic E-state index is 12.9. The van der Waals surface area contributed by atoms with Gasteiger partial charge >= 0.3 is 5.97 Å². The fourth-order valence-electron chi connectivity index (χ4n) is 2.97. The van der Waals surface area contributed by atoms with Gasteiger partial charge in [-0.2, -0.15) is 13.0 Å². The molecule has 0 saturated carbocycles. The molecule has 130 valence electrons. The zero-order valence-corrected chi connectivity index (χ0v) is 14.8. The largest absolute Gasteiger partial charge is 0.480 e. The standard InChI is InChI=1S/C14H18N4O4S2/c1-2-11(14(19)20)17-6-8-18(9-7-17)24(21,22)12-5-3-4-10-13(12)16-23-15-10/h3-5,11H,2,6-9H2,1H3,(H,19,20). The zero-order chi connectivity index (χ0) is 17.3. The van der Waals surface area contributed by atoms with Crippen LogP contribution in [0.15, 0.2) is 31.8 Å². The molecule has 1 aromatic rings. The summed E-state index contributed by atoms with van der Waals surface area (Å²) in [5.74, 6) is -0.868. The molecular weight excluding hydrogens is 352 g/mol. The van der Waals surface area contributed by atoms with E-state index in [1.165, 1.54) is 10.4 Å². The van der Waals surface area contributed by atoms with Crippen LogP contribution in [0.3, 0.4) is 0 Å². The molecule has 0 bridgehead atoms. The fraction of sp³-hybridized carbons (Fsp3) is 0.500. The Labute approximate surface area is 144 Å². The monoisotopic (exact) mass is 370 g/mol. The third-order valence-corrected chi connectivity index (χ3v) is 6.73. The Kier molecular flexibility index (Phi) is 4.81. The summed E-state index contributed by atoms with van der Waals surface area (Å²) in [6, 6.07) is 4.36. The molecule has 1 saturated heterocycles. The van der Waals surface area contributed by atoms with Crippen LogP contribution in [-0.2, 0) is 26.2 Å². The Bertz CT molecular complexity index is 825. The van der Waals surface area contributed by atoms with E-state index in [-0.39, 0.29) is 18.0 Å². The highest BCUT2D eigenvalue weighted by Crippen LogP contribution is 2.38. The Hall–Kier alpha value is -1.62. The predicted octanol–water partition coefficient (Wildman–Crippen LogP) is 1.58. The van der Waals surface area contributed by atoms with Gasteiger partial charge in [0.05, 0.1) is 11.4 Å². The molecule has 24 heavy (non-hydrogen) atoms. The lowest BCUT2D eigenvalue weighted by atomic mass is 10.1. The summed E-state index contributed by atoms with van der Waals surface area (Å²) in [5.41, 5.74) is 0.957. The van der Waals surface area contributed by atoms with Crippen LogP contribution in [0.2, 0.25) is 0 Å². The predicted molar refractivity (Wildman–Crippen MR) is 90.0 cm³/mol. The third-order valence-electron chi connectivity index (χ3n) is 4.25. The van der Waals surface area contributed by atoms with Gasteiger partial charge in [-0.25, -0.2) is 8.42 Å². The topological polar surface area (TPSA) is 103 Å². The second-order valence-electron chi connectivity index (χ2n) is 5.59. The number of hydrogen-bond acceptors (Lipinski definition) is 6. The number of carboxylic acids is 1. The van der Waals surface area contributed by atoms with Gasteiger partial charge in [-0.15, -0.1) is 0 Å². The van der Waals surface area contributed by atoms with Crippen LogP contribution in [0, 0.1) is 0 Å². The van der Waals surface area contributed by atoms with Gasteiger partial charge in [0, 0.05) is 26.2 Å². The average Bonchev–Trinajstić information content (AvgIpc) is 3.04. The highest BCUT2D eigenvalue weighted by molar-refractivity contribution is 7.89. The van der Waals surface area contributed by atoms with Gasteiger partial charge in [-0.1, -0.05) is 13.0 Å². The van der Waals surface area contributed by atoms with E-state index < -0.39 is 22.0 Å². The summed E-state index contributed by atoms with van der Waals surface area (Å²) in [6.45, 7) is 3.14. The summed E-state index contributed by atoms with van der Waals surface area (Å²) in [4.78, 5) is 13.2. The van der Waals surface area contributed by atoms with Crippen LogP contribution >= 0.6 is 0 Å². The molecule has 0 aromatic heterocycles. The molecule has 10 heteroatoms. The van der Waals surface area contributed by atoms with Crippen LogP contribution in [0.4, 0.5) is 11.4 Å². The fourth-order valence-corrected chi connectivity index (χ4v) is 5.15. The van der Waals surface area contributed by atoms with E-state index in [0.717, 1.165) is 11.4 Å². The molecule has 2 aliphatic rings. The van der Waals surface area contributed by atoms with E-state index in [1.807, 2.05) is 11.8 Å². The average molecular weight is 370 g/mol. The minimum Gasteiger partial charge on any atom is -0.480 e.